The molecule has 4 rings (SSSR count). The number of amides is 1. The van der Waals surface area contributed by atoms with Gasteiger partial charge in [-0.2, -0.15) is 0 Å². The summed E-state index contributed by atoms with van der Waals surface area (Å²) >= 11 is 0. The summed E-state index contributed by atoms with van der Waals surface area (Å²) in [4.78, 5) is 26.0. The summed E-state index contributed by atoms with van der Waals surface area (Å²) in [5.74, 6) is -1.08. The molecule has 1 amide bonds. The molecule has 4 N–H and O–H groups in total. The normalized spacial score (nSPS) is 16.9. The summed E-state index contributed by atoms with van der Waals surface area (Å²) in [5, 5.41) is 19.4. The maximum absolute atomic E-state index is 12.6. The molecule has 2 aromatic carbocycles. The molecule has 156 valence electrons. The van der Waals surface area contributed by atoms with E-state index in [0.717, 1.165) is 16.7 Å². The first-order chi connectivity index (χ1) is 14.3. The van der Waals surface area contributed by atoms with Crippen LogP contribution in [0.3, 0.4) is 0 Å². The van der Waals surface area contributed by atoms with E-state index in [1.54, 1.807) is 17.0 Å². The van der Waals surface area contributed by atoms with Crippen molar-refractivity contribution < 1.29 is 29.1 Å². The van der Waals surface area contributed by atoms with Crippen molar-refractivity contribution in [2.24, 2.45) is 5.73 Å². The van der Waals surface area contributed by atoms with Crippen molar-refractivity contribution >= 4 is 19.0 Å². The lowest BCUT2D eigenvalue weighted by Crippen LogP contribution is -2.58. The van der Waals surface area contributed by atoms with E-state index in [1.165, 1.54) is 0 Å². The van der Waals surface area contributed by atoms with Gasteiger partial charge in [-0.1, -0.05) is 35.9 Å². The minimum absolute atomic E-state index is 0.104. The predicted octanol–water partition coefficient (Wildman–Crippen LogP) is 1.40. The summed E-state index contributed by atoms with van der Waals surface area (Å²) in [6.07, 6.45) is 0.594. The molecule has 1 fully saturated rings. The number of nitrogens with two attached hydrogens (primary N) is 1. The van der Waals surface area contributed by atoms with Crippen LogP contribution in [0.1, 0.15) is 33.1 Å². The van der Waals surface area contributed by atoms with Gasteiger partial charge in [-0.05, 0) is 36.9 Å². The summed E-state index contributed by atoms with van der Waals surface area (Å²) < 4.78 is 11.2. The van der Waals surface area contributed by atoms with Crippen LogP contribution in [0.4, 0.5) is 0 Å². The number of carbonyl (C=O) groups excluding carboxylic acids is 1. The SMILES string of the molecule is Cc1ccc([C@@H](N)C(=O)N2CC(Oc3ccc4c(c3C(=O)O)OB(O)CC4)C2)cc1. The third-order valence-corrected chi connectivity index (χ3v) is 5.49. The van der Waals surface area contributed by atoms with Crippen molar-refractivity contribution in [2.45, 2.75) is 31.8 Å². The van der Waals surface area contributed by atoms with Gasteiger partial charge < -0.3 is 30.2 Å². The molecule has 2 aliphatic heterocycles. The van der Waals surface area contributed by atoms with E-state index in [2.05, 4.69) is 0 Å². The van der Waals surface area contributed by atoms with E-state index in [0.29, 0.717) is 25.8 Å². The summed E-state index contributed by atoms with van der Waals surface area (Å²) in [6, 6.07) is 10.1. The van der Waals surface area contributed by atoms with Crippen molar-refractivity contribution in [2.75, 3.05) is 13.1 Å². The van der Waals surface area contributed by atoms with Crippen LogP contribution in [-0.4, -0.2) is 53.2 Å². The van der Waals surface area contributed by atoms with Crippen molar-refractivity contribution in [1.82, 2.24) is 4.90 Å². The van der Waals surface area contributed by atoms with Crippen LogP contribution < -0.4 is 15.1 Å². The average Bonchev–Trinajstić information content (AvgIpc) is 2.69. The molecule has 2 aromatic rings. The van der Waals surface area contributed by atoms with Gasteiger partial charge in [0.05, 0.1) is 13.1 Å². The maximum Gasteiger partial charge on any atom is 0.522 e. The molecule has 0 aromatic heterocycles. The molecule has 0 bridgehead atoms. The van der Waals surface area contributed by atoms with Gasteiger partial charge in [-0.25, -0.2) is 4.79 Å². The Morgan fingerprint density at radius 1 is 1.23 bits per heavy atom. The highest BCUT2D eigenvalue weighted by Gasteiger charge is 2.37. The van der Waals surface area contributed by atoms with Gasteiger partial charge in [0.2, 0.25) is 5.91 Å². The number of hydrogen-bond donors (Lipinski definition) is 3. The Morgan fingerprint density at radius 2 is 1.93 bits per heavy atom. The molecule has 1 atom stereocenters. The lowest BCUT2D eigenvalue weighted by Gasteiger charge is -2.40. The molecule has 0 spiro atoms. The molecule has 9 heteroatoms. The Morgan fingerprint density at radius 3 is 2.60 bits per heavy atom. The number of hydrogen-bond acceptors (Lipinski definition) is 6. The van der Waals surface area contributed by atoms with Crippen LogP contribution in [0.5, 0.6) is 11.5 Å². The number of nitrogens with zero attached hydrogens (tertiary/aromatic N) is 1. The molecule has 0 unspecified atom stereocenters. The van der Waals surface area contributed by atoms with Crippen molar-refractivity contribution in [3.05, 3.63) is 58.7 Å². The summed E-state index contributed by atoms with van der Waals surface area (Å²) in [7, 11) is -1.04. The standard InChI is InChI=1S/C21H23BN2O6/c1-12-2-4-13(5-3-12)18(23)20(25)24-10-15(11-24)29-16-7-6-14-8-9-22(28)30-19(14)17(16)21(26)27/h2-7,15,18,28H,8-11,23H2,1H3,(H,26,27)/t18-/m1/s1. The highest BCUT2D eigenvalue weighted by molar-refractivity contribution is 6.44. The fourth-order valence-electron chi connectivity index (χ4n) is 3.70. The lowest BCUT2D eigenvalue weighted by molar-refractivity contribution is -0.141. The van der Waals surface area contributed by atoms with Gasteiger partial charge in [0.1, 0.15) is 29.2 Å². The molecule has 1 saturated heterocycles. The van der Waals surface area contributed by atoms with Crippen LogP contribution in [0.2, 0.25) is 6.32 Å². The van der Waals surface area contributed by atoms with Gasteiger partial charge in [-0.3, -0.25) is 4.79 Å². The molecule has 0 aliphatic carbocycles. The highest BCUT2D eigenvalue weighted by atomic mass is 16.5. The number of fused-ring (bicyclic) bond motifs is 1. The summed E-state index contributed by atoms with van der Waals surface area (Å²) in [6.45, 7) is 2.60. The number of aryl methyl sites for hydroxylation is 2. The molecule has 8 nitrogen and oxygen atoms in total. The first-order valence-corrected chi connectivity index (χ1v) is 9.85. The van der Waals surface area contributed by atoms with Crippen LogP contribution in [0, 0.1) is 6.92 Å². The maximum atomic E-state index is 12.6. The lowest BCUT2D eigenvalue weighted by atomic mass is 9.78. The second-order valence-corrected chi connectivity index (χ2v) is 7.71. The second-order valence-electron chi connectivity index (χ2n) is 7.71. The van der Waals surface area contributed by atoms with Gasteiger partial charge in [-0.15, -0.1) is 0 Å². The number of carbonyl (C=O) groups is 2. The number of carboxylic acids is 1. The number of rotatable bonds is 5. The summed E-state index contributed by atoms with van der Waals surface area (Å²) in [5.41, 5.74) is 8.55. The van der Waals surface area contributed by atoms with Crippen LogP contribution >= 0.6 is 0 Å². The quantitative estimate of drug-likeness (QED) is 0.637. The minimum atomic E-state index is -1.19. The van der Waals surface area contributed by atoms with Crippen molar-refractivity contribution in [3.63, 3.8) is 0 Å². The second kappa shape index (κ2) is 8.00. The Hall–Kier alpha value is -3.04. The zero-order valence-electron chi connectivity index (χ0n) is 16.6. The molecular formula is C21H23BN2O6. The van der Waals surface area contributed by atoms with E-state index < -0.39 is 19.1 Å². The Balaban J connectivity index is 1.42. The molecule has 2 aliphatic rings. The molecule has 2 heterocycles. The van der Waals surface area contributed by atoms with Gasteiger partial charge in [0.15, 0.2) is 0 Å². The number of ether oxygens (including phenoxy) is 1. The fourth-order valence-corrected chi connectivity index (χ4v) is 3.70. The van der Waals surface area contributed by atoms with Crippen molar-refractivity contribution in [1.29, 1.82) is 0 Å². The number of benzene rings is 2. The Bertz CT molecular complexity index is 974. The van der Waals surface area contributed by atoms with E-state index in [-0.39, 0.29) is 29.1 Å². The van der Waals surface area contributed by atoms with Gasteiger partial charge >= 0.3 is 13.1 Å². The molecular weight excluding hydrogens is 387 g/mol. The van der Waals surface area contributed by atoms with Gasteiger partial charge in [0, 0.05) is 0 Å². The first kappa shape index (κ1) is 20.2. The Kier molecular flexibility index (Phi) is 5.40. The smallest absolute Gasteiger partial charge is 0.522 e. The van der Waals surface area contributed by atoms with Crippen LogP contribution in [0.25, 0.3) is 0 Å². The third kappa shape index (κ3) is 3.86. The van der Waals surface area contributed by atoms with E-state index >= 15 is 0 Å². The van der Waals surface area contributed by atoms with Gasteiger partial charge in [0.25, 0.3) is 0 Å². The van der Waals surface area contributed by atoms with Crippen LogP contribution in [-0.2, 0) is 11.2 Å². The van der Waals surface area contributed by atoms with E-state index in [4.69, 9.17) is 15.1 Å². The molecule has 0 radical (unpaired) electrons. The first-order valence-electron chi connectivity index (χ1n) is 9.85. The fraction of sp³-hybridized carbons (Fsp3) is 0.333. The predicted molar refractivity (Wildman–Crippen MR) is 110 cm³/mol. The third-order valence-electron chi connectivity index (χ3n) is 5.49. The number of likely N-dealkylation sites (tertiary alicyclic amines) is 1. The minimum Gasteiger partial charge on any atom is -0.535 e. The number of carboxylic acid groups (broad SMARTS) is 1. The largest absolute Gasteiger partial charge is 0.535 e. The topological polar surface area (TPSA) is 122 Å². The van der Waals surface area contributed by atoms with Crippen molar-refractivity contribution in [3.8, 4) is 11.5 Å². The number of aromatic carboxylic acids is 1. The zero-order chi connectivity index (χ0) is 21.4. The van der Waals surface area contributed by atoms with Crippen LogP contribution in [0.15, 0.2) is 36.4 Å². The molecule has 0 saturated carbocycles. The highest BCUT2D eigenvalue weighted by Crippen LogP contribution is 2.37. The zero-order valence-corrected chi connectivity index (χ0v) is 16.6. The Labute approximate surface area is 174 Å². The van der Waals surface area contributed by atoms with E-state index in [9.17, 15) is 19.7 Å². The monoisotopic (exact) mass is 410 g/mol. The van der Waals surface area contributed by atoms with E-state index in [1.807, 2.05) is 31.2 Å². The average molecular weight is 410 g/mol. The molecule has 30 heavy (non-hydrogen) atoms.